The van der Waals surface area contributed by atoms with Gasteiger partial charge < -0.3 is 31.3 Å². The van der Waals surface area contributed by atoms with E-state index in [0.29, 0.717) is 24.2 Å². The van der Waals surface area contributed by atoms with Crippen LogP contribution >= 0.6 is 0 Å². The summed E-state index contributed by atoms with van der Waals surface area (Å²) >= 11 is 0. The number of nitrogens with two attached hydrogens (primary N) is 1. The number of aromatic nitrogens is 1. The standard InChI is InChI=1S/C36H39FN6O5/c37-27-15-12-25(13-16-27)22-43(36(48)42-18-6-7-19-42)23-32(44)30(20-24-8-2-1-3-9-24)40-35(47)31(21-33(38)45)41-34(46)29-17-14-26-10-4-5-11-28(26)39-29/h1-5,8-17,30-32,44H,6-7,18-23H2,(H2,38,45)(H,40,47)(H,41,46)/t30-,31?,32?/m0/s1. The van der Waals surface area contributed by atoms with Crippen molar-refractivity contribution in [1.29, 1.82) is 0 Å². The average Bonchev–Trinajstić information content (AvgIpc) is 3.63. The summed E-state index contributed by atoms with van der Waals surface area (Å²) in [6.07, 6.45) is 0.150. The Bertz CT molecular complexity index is 1730. The van der Waals surface area contributed by atoms with Crippen LogP contribution in [0.5, 0.6) is 0 Å². The van der Waals surface area contributed by atoms with E-state index >= 15 is 0 Å². The molecule has 250 valence electrons. The lowest BCUT2D eigenvalue weighted by Crippen LogP contribution is -2.56. The number of halogens is 1. The van der Waals surface area contributed by atoms with Gasteiger partial charge in [0.05, 0.1) is 30.6 Å². The third-order valence-electron chi connectivity index (χ3n) is 8.29. The Morgan fingerprint density at radius 1 is 0.875 bits per heavy atom. The topological polar surface area (TPSA) is 158 Å². The number of pyridine rings is 1. The van der Waals surface area contributed by atoms with Crippen molar-refractivity contribution >= 4 is 34.7 Å². The second kappa shape index (κ2) is 16.0. The zero-order valence-electron chi connectivity index (χ0n) is 26.4. The van der Waals surface area contributed by atoms with Gasteiger partial charge in [-0.15, -0.1) is 0 Å². The molecular formula is C36H39FN6O5. The van der Waals surface area contributed by atoms with Gasteiger partial charge in [-0.05, 0) is 54.7 Å². The predicted octanol–water partition coefficient (Wildman–Crippen LogP) is 3.15. The molecule has 1 aliphatic heterocycles. The monoisotopic (exact) mass is 654 g/mol. The van der Waals surface area contributed by atoms with E-state index < -0.39 is 48.1 Å². The van der Waals surface area contributed by atoms with Gasteiger partial charge in [0.1, 0.15) is 17.6 Å². The lowest BCUT2D eigenvalue weighted by atomic mass is 9.99. The first-order valence-corrected chi connectivity index (χ1v) is 15.9. The Kier molecular flexibility index (Phi) is 11.3. The molecule has 0 radical (unpaired) electrons. The van der Waals surface area contributed by atoms with Gasteiger partial charge in [-0.1, -0.05) is 66.7 Å². The molecule has 2 unspecified atom stereocenters. The number of benzene rings is 3. The summed E-state index contributed by atoms with van der Waals surface area (Å²) in [7, 11) is 0. The Balaban J connectivity index is 1.36. The largest absolute Gasteiger partial charge is 0.389 e. The second-order valence-electron chi connectivity index (χ2n) is 11.9. The number of aliphatic hydroxyl groups excluding tert-OH is 1. The second-order valence-corrected chi connectivity index (χ2v) is 11.9. The lowest BCUT2D eigenvalue weighted by molar-refractivity contribution is -0.128. The highest BCUT2D eigenvalue weighted by molar-refractivity contribution is 5.99. The summed E-state index contributed by atoms with van der Waals surface area (Å²) in [5.41, 5.74) is 7.57. The normalized spacial score (nSPS) is 14.6. The third-order valence-corrected chi connectivity index (χ3v) is 8.29. The van der Waals surface area contributed by atoms with E-state index in [0.717, 1.165) is 23.8 Å². The molecule has 5 rings (SSSR count). The van der Waals surface area contributed by atoms with E-state index in [9.17, 15) is 28.7 Å². The summed E-state index contributed by atoms with van der Waals surface area (Å²) in [6, 6.07) is 22.9. The number of aliphatic hydroxyl groups is 1. The van der Waals surface area contributed by atoms with Crippen LogP contribution in [0, 0.1) is 5.82 Å². The van der Waals surface area contributed by atoms with E-state index in [2.05, 4.69) is 15.6 Å². The van der Waals surface area contributed by atoms with E-state index in [1.165, 1.54) is 23.1 Å². The first-order chi connectivity index (χ1) is 23.2. The van der Waals surface area contributed by atoms with Crippen LogP contribution in [-0.4, -0.2) is 81.5 Å². The Morgan fingerprint density at radius 2 is 1.56 bits per heavy atom. The molecule has 1 aromatic heterocycles. The van der Waals surface area contributed by atoms with Crippen molar-refractivity contribution in [2.24, 2.45) is 5.73 Å². The minimum Gasteiger partial charge on any atom is -0.389 e. The van der Waals surface area contributed by atoms with Crippen LogP contribution in [0.4, 0.5) is 9.18 Å². The molecule has 48 heavy (non-hydrogen) atoms. The highest BCUT2D eigenvalue weighted by atomic mass is 19.1. The number of primary amides is 1. The van der Waals surface area contributed by atoms with Gasteiger partial charge in [0, 0.05) is 25.0 Å². The average molecular weight is 655 g/mol. The number of carbonyl (C=O) groups excluding carboxylic acids is 4. The van der Waals surface area contributed by atoms with Gasteiger partial charge in [0.25, 0.3) is 5.91 Å². The van der Waals surface area contributed by atoms with Gasteiger partial charge in [0.2, 0.25) is 11.8 Å². The fourth-order valence-electron chi connectivity index (χ4n) is 5.75. The summed E-state index contributed by atoms with van der Waals surface area (Å²) < 4.78 is 13.6. The molecule has 0 saturated carbocycles. The number of nitrogens with one attached hydrogen (secondary N) is 2. The Labute approximate surface area is 277 Å². The fourth-order valence-corrected chi connectivity index (χ4v) is 5.75. The van der Waals surface area contributed by atoms with E-state index in [-0.39, 0.29) is 31.2 Å². The first-order valence-electron chi connectivity index (χ1n) is 15.9. The van der Waals surface area contributed by atoms with Crippen LogP contribution in [0.3, 0.4) is 0 Å². The summed E-state index contributed by atoms with van der Waals surface area (Å²) in [4.78, 5) is 60.1. The van der Waals surface area contributed by atoms with Crippen molar-refractivity contribution in [3.05, 3.63) is 114 Å². The summed E-state index contributed by atoms with van der Waals surface area (Å²) in [5.74, 6) is -2.64. The molecule has 0 aliphatic carbocycles. The highest BCUT2D eigenvalue weighted by Gasteiger charge is 2.32. The van der Waals surface area contributed by atoms with E-state index in [4.69, 9.17) is 5.73 Å². The van der Waals surface area contributed by atoms with E-state index in [1.807, 2.05) is 42.5 Å². The third kappa shape index (κ3) is 9.13. The molecule has 3 aromatic carbocycles. The number of amides is 5. The Hall–Kier alpha value is -5.36. The van der Waals surface area contributed by atoms with Crippen LogP contribution in [0.2, 0.25) is 0 Å². The van der Waals surface area contributed by atoms with Gasteiger partial charge in [-0.2, -0.15) is 0 Å². The minimum absolute atomic E-state index is 0.0497. The van der Waals surface area contributed by atoms with Gasteiger partial charge in [-0.3, -0.25) is 14.4 Å². The number of rotatable bonds is 13. The smallest absolute Gasteiger partial charge is 0.320 e. The molecule has 3 atom stereocenters. The van der Waals surface area contributed by atoms with Crippen LogP contribution in [0.25, 0.3) is 10.9 Å². The molecule has 1 saturated heterocycles. The van der Waals surface area contributed by atoms with Crippen LogP contribution in [-0.2, 0) is 22.6 Å². The minimum atomic E-state index is -1.37. The number of hydrogen-bond acceptors (Lipinski definition) is 6. The molecule has 4 aromatic rings. The van der Waals surface area contributed by atoms with Crippen LogP contribution in [0.15, 0.2) is 91.0 Å². The van der Waals surface area contributed by atoms with E-state index in [1.54, 1.807) is 35.2 Å². The SMILES string of the molecule is NC(=O)CC(NC(=O)c1ccc2ccccc2n1)C(=O)N[C@@H](Cc1ccccc1)C(O)CN(Cc1ccc(F)cc1)C(=O)N1CCCC1. The number of hydrogen-bond donors (Lipinski definition) is 4. The first kappa shape index (κ1) is 34.0. The maximum absolute atomic E-state index is 13.7. The number of nitrogens with zero attached hydrogens (tertiary/aromatic N) is 3. The van der Waals surface area contributed by atoms with Crippen molar-refractivity contribution in [2.75, 3.05) is 19.6 Å². The predicted molar refractivity (Wildman–Crippen MR) is 178 cm³/mol. The molecule has 0 bridgehead atoms. The molecule has 2 heterocycles. The molecule has 0 spiro atoms. The van der Waals surface area contributed by atoms with Gasteiger partial charge in [0.15, 0.2) is 0 Å². The fraction of sp³-hybridized carbons (Fsp3) is 0.306. The maximum atomic E-state index is 13.7. The molecule has 12 heteroatoms. The zero-order valence-corrected chi connectivity index (χ0v) is 26.4. The van der Waals surface area contributed by atoms with Crippen LogP contribution in [0.1, 0.15) is 40.9 Å². The number of likely N-dealkylation sites (tertiary alicyclic amines) is 1. The summed E-state index contributed by atoms with van der Waals surface area (Å²) in [5, 5.41) is 17.9. The highest BCUT2D eigenvalue weighted by Crippen LogP contribution is 2.17. The van der Waals surface area contributed by atoms with Crippen molar-refractivity contribution in [2.45, 2.75) is 50.4 Å². The molecular weight excluding hydrogens is 615 g/mol. The molecule has 1 fully saturated rings. The maximum Gasteiger partial charge on any atom is 0.320 e. The number of para-hydroxylation sites is 1. The molecule has 5 amide bonds. The molecule has 1 aliphatic rings. The molecule has 5 N–H and O–H groups in total. The van der Waals surface area contributed by atoms with Gasteiger partial charge >= 0.3 is 6.03 Å². The number of fused-ring (bicyclic) bond motifs is 1. The van der Waals surface area contributed by atoms with Crippen molar-refractivity contribution in [3.8, 4) is 0 Å². The summed E-state index contributed by atoms with van der Waals surface area (Å²) in [6.45, 7) is 1.12. The van der Waals surface area contributed by atoms with Crippen LogP contribution < -0.4 is 16.4 Å². The lowest BCUT2D eigenvalue weighted by Gasteiger charge is -2.33. The zero-order chi connectivity index (χ0) is 34.0. The molecule has 11 nitrogen and oxygen atoms in total. The van der Waals surface area contributed by atoms with Crippen molar-refractivity contribution in [3.63, 3.8) is 0 Å². The van der Waals surface area contributed by atoms with Crippen molar-refractivity contribution in [1.82, 2.24) is 25.4 Å². The Morgan fingerprint density at radius 3 is 2.27 bits per heavy atom. The quantitative estimate of drug-likeness (QED) is 0.174. The number of carbonyl (C=O) groups is 4. The van der Waals surface area contributed by atoms with Gasteiger partial charge in [-0.25, -0.2) is 14.2 Å². The number of urea groups is 1. The van der Waals surface area contributed by atoms with Crippen molar-refractivity contribution < 1.29 is 28.7 Å².